The van der Waals surface area contributed by atoms with Crippen molar-refractivity contribution in [3.05, 3.63) is 11.1 Å². The molecule has 3 aliphatic rings. The Morgan fingerprint density at radius 3 is 2.83 bits per heavy atom. The molecule has 3 fully saturated rings. The van der Waals surface area contributed by atoms with Gasteiger partial charge in [-0.1, -0.05) is 5.16 Å². The van der Waals surface area contributed by atoms with Crippen molar-refractivity contribution in [1.82, 2.24) is 15.2 Å². The number of fused-ring (bicyclic) bond motifs is 3. The number of thiazole rings is 1. The van der Waals surface area contributed by atoms with E-state index in [9.17, 15) is 24.3 Å². The van der Waals surface area contributed by atoms with E-state index in [0.29, 0.717) is 0 Å². The number of β-lactam (4-membered cyclic amide) rings is 1. The van der Waals surface area contributed by atoms with Gasteiger partial charge < -0.3 is 30.5 Å². The second-order valence-corrected chi connectivity index (χ2v) is 8.24. The average Bonchev–Trinajstić information content (AvgIpc) is 3.27. The van der Waals surface area contributed by atoms with Crippen molar-refractivity contribution in [2.24, 2.45) is 5.16 Å². The first-order valence-electron chi connectivity index (χ1n) is 7.85. The Morgan fingerprint density at radius 1 is 1.52 bits per heavy atom. The average molecular weight is 449 g/mol. The first-order valence-corrected chi connectivity index (χ1v) is 9.67. The van der Waals surface area contributed by atoms with Crippen LogP contribution in [0.3, 0.4) is 0 Å². The molecular weight excluding hydrogens is 437 g/mol. The molecule has 4 rings (SSSR count). The van der Waals surface area contributed by atoms with Crippen molar-refractivity contribution in [2.45, 2.75) is 28.8 Å². The quantitative estimate of drug-likeness (QED) is 0.145. The molecule has 4 atom stereocenters. The van der Waals surface area contributed by atoms with Gasteiger partial charge in [0, 0.05) is 5.38 Å². The minimum Gasteiger partial charge on any atom is -0.544 e. The maximum atomic E-state index is 12.6. The van der Waals surface area contributed by atoms with Gasteiger partial charge >= 0.3 is 35.5 Å². The molecule has 0 unspecified atom stereocenters. The Labute approximate surface area is 193 Å². The number of amides is 2. The van der Waals surface area contributed by atoms with Crippen LogP contribution in [0.4, 0.5) is 5.13 Å². The molecule has 148 valence electrons. The Morgan fingerprint density at radius 2 is 2.24 bits per heavy atom. The molecule has 0 radical (unpaired) electrons. The summed E-state index contributed by atoms with van der Waals surface area (Å²) in [7, 11) is 1.24. The van der Waals surface area contributed by atoms with Gasteiger partial charge in [-0.05, 0) is 0 Å². The second kappa shape index (κ2) is 7.75. The summed E-state index contributed by atoms with van der Waals surface area (Å²) in [5.74, 6) is -3.85. The molecule has 1 aromatic rings. The molecule has 3 aliphatic heterocycles. The van der Waals surface area contributed by atoms with Gasteiger partial charge in [0.2, 0.25) is 5.72 Å². The molecule has 0 spiro atoms. The van der Waals surface area contributed by atoms with Gasteiger partial charge in [-0.3, -0.25) is 19.3 Å². The van der Waals surface area contributed by atoms with Crippen molar-refractivity contribution in [3.63, 3.8) is 0 Å². The molecule has 0 bridgehead atoms. The third-order valence-corrected chi connectivity index (χ3v) is 6.75. The predicted octanol–water partition coefficient (Wildman–Crippen LogP) is -5.76. The number of nitrogen functional groups attached to an aromatic ring is 1. The van der Waals surface area contributed by atoms with Crippen LogP contribution in [0.5, 0.6) is 0 Å². The van der Waals surface area contributed by atoms with Gasteiger partial charge in [0.25, 0.3) is 11.8 Å². The molecule has 12 nitrogen and oxygen atoms in total. The summed E-state index contributed by atoms with van der Waals surface area (Å²) in [5, 5.41) is 18.0. The van der Waals surface area contributed by atoms with E-state index in [0.717, 1.165) is 28.0 Å². The standard InChI is InChI=1S/C14H13N5O7S2.Na/c1-25-18-7(4-3-27-13(15)16-4)9(21)17-8-10(22)19-11(8)28-5-2-6(20)26-14(5,19)12(23)24;/h3,5,8,11H,2H2,1H3,(H2,15,16)(H,17,21)(H,23,24);/q;+1/p-1/b18-7-;/t5-,8-,11-,14-;/m1./s1. The van der Waals surface area contributed by atoms with Crippen molar-refractivity contribution < 1.29 is 63.4 Å². The largest absolute Gasteiger partial charge is 1.00 e. The zero-order chi connectivity index (χ0) is 20.2. The van der Waals surface area contributed by atoms with Crippen LogP contribution in [0.2, 0.25) is 0 Å². The molecule has 0 saturated carbocycles. The summed E-state index contributed by atoms with van der Waals surface area (Å²) < 4.78 is 4.95. The molecule has 2 amide bonds. The summed E-state index contributed by atoms with van der Waals surface area (Å²) in [6.45, 7) is 0. The number of thioether (sulfide) groups is 1. The Hall–Kier alpha value is -1.87. The smallest absolute Gasteiger partial charge is 0.544 e. The number of ether oxygens (including phenoxy) is 1. The molecule has 3 saturated heterocycles. The third-order valence-electron chi connectivity index (χ3n) is 4.50. The van der Waals surface area contributed by atoms with Gasteiger partial charge in [-0.2, -0.15) is 0 Å². The number of hydrogen-bond acceptors (Lipinski definition) is 12. The number of carbonyl (C=O) groups excluding carboxylic acids is 4. The SMILES string of the molecule is CO/N=C(\C(=O)N[C@@H]1C(=O)N2[C@@H]1S[C@@H]1CC(=O)O[C@@]12C(=O)[O-])c1csc(N)n1.[Na+]. The first kappa shape index (κ1) is 21.8. The fourth-order valence-electron chi connectivity index (χ4n) is 3.35. The van der Waals surface area contributed by atoms with Gasteiger partial charge in [-0.15, -0.1) is 23.1 Å². The number of hydrogen-bond donors (Lipinski definition) is 2. The van der Waals surface area contributed by atoms with E-state index in [1.165, 1.54) is 12.5 Å². The topological polar surface area (TPSA) is 176 Å². The van der Waals surface area contributed by atoms with Crippen LogP contribution in [0, 0.1) is 0 Å². The van der Waals surface area contributed by atoms with Gasteiger partial charge in [0.05, 0.1) is 11.7 Å². The number of carboxylic acid groups (broad SMARTS) is 1. The zero-order valence-electron chi connectivity index (χ0n) is 15.1. The van der Waals surface area contributed by atoms with Crippen molar-refractivity contribution >= 4 is 57.7 Å². The Balaban J connectivity index is 0.00000240. The normalized spacial score (nSPS) is 29.9. The van der Waals surface area contributed by atoms with Crippen molar-refractivity contribution in [3.8, 4) is 0 Å². The first-order chi connectivity index (χ1) is 13.3. The number of nitrogens with two attached hydrogens (primary N) is 1. The van der Waals surface area contributed by atoms with Crippen molar-refractivity contribution in [2.75, 3.05) is 12.8 Å². The number of esters is 1. The molecular formula is C14H12N5NaO7S2. The fraction of sp³-hybridized carbons (Fsp3) is 0.429. The van der Waals surface area contributed by atoms with Crippen LogP contribution in [0.25, 0.3) is 0 Å². The minimum absolute atomic E-state index is 0. The molecule has 3 N–H and O–H groups in total. The van der Waals surface area contributed by atoms with E-state index in [4.69, 9.17) is 10.5 Å². The van der Waals surface area contributed by atoms with E-state index < -0.39 is 46.1 Å². The summed E-state index contributed by atoms with van der Waals surface area (Å²) in [4.78, 5) is 57.9. The Bertz CT molecular complexity index is 939. The number of nitrogens with zero attached hydrogens (tertiary/aromatic N) is 3. The van der Waals surface area contributed by atoms with E-state index >= 15 is 0 Å². The van der Waals surface area contributed by atoms with Crippen LogP contribution >= 0.6 is 23.1 Å². The number of carboxylic acids is 1. The minimum atomic E-state index is -2.14. The maximum Gasteiger partial charge on any atom is 1.00 e. The van der Waals surface area contributed by atoms with E-state index in [2.05, 4.69) is 20.3 Å². The van der Waals surface area contributed by atoms with Gasteiger partial charge in [0.1, 0.15) is 30.2 Å². The summed E-state index contributed by atoms with van der Waals surface area (Å²) in [5.41, 5.74) is 3.40. The molecule has 1 aromatic heterocycles. The predicted molar refractivity (Wildman–Crippen MR) is 92.5 cm³/mol. The molecule has 29 heavy (non-hydrogen) atoms. The number of nitrogens with one attached hydrogen (secondary N) is 1. The maximum absolute atomic E-state index is 12.6. The van der Waals surface area contributed by atoms with E-state index in [1.807, 2.05) is 0 Å². The van der Waals surface area contributed by atoms with Crippen LogP contribution < -0.4 is 45.7 Å². The number of anilines is 1. The summed E-state index contributed by atoms with van der Waals surface area (Å²) in [6.07, 6.45) is -0.173. The fourth-order valence-corrected chi connectivity index (χ4v) is 5.63. The van der Waals surface area contributed by atoms with Gasteiger partial charge in [-0.25, -0.2) is 4.98 Å². The Kier molecular flexibility index (Phi) is 5.84. The number of oxime groups is 1. The molecule has 0 aromatic carbocycles. The number of rotatable bonds is 5. The zero-order valence-corrected chi connectivity index (χ0v) is 18.7. The molecule has 4 heterocycles. The number of aliphatic carboxylic acids is 1. The molecule has 0 aliphatic carbocycles. The van der Waals surface area contributed by atoms with Crippen molar-refractivity contribution in [1.29, 1.82) is 0 Å². The number of carbonyl (C=O) groups is 4. The van der Waals surface area contributed by atoms with Crippen LogP contribution in [-0.4, -0.2) is 68.8 Å². The summed E-state index contributed by atoms with van der Waals surface area (Å²) in [6, 6.07) is -1.03. The van der Waals surface area contributed by atoms with Gasteiger partial charge in [0.15, 0.2) is 10.8 Å². The third kappa shape index (κ3) is 3.18. The van der Waals surface area contributed by atoms with E-state index in [-0.39, 0.29) is 52.5 Å². The van der Waals surface area contributed by atoms with Crippen LogP contribution in [-0.2, 0) is 28.8 Å². The molecule has 15 heteroatoms. The second-order valence-electron chi connectivity index (χ2n) is 6.03. The van der Waals surface area contributed by atoms with E-state index in [1.54, 1.807) is 0 Å². The van der Waals surface area contributed by atoms with Crippen LogP contribution in [0.15, 0.2) is 10.5 Å². The summed E-state index contributed by atoms with van der Waals surface area (Å²) >= 11 is 2.15. The monoisotopic (exact) mass is 449 g/mol. The number of aromatic nitrogens is 1. The van der Waals surface area contributed by atoms with Crippen LogP contribution in [0.1, 0.15) is 12.1 Å².